The molecule has 0 aliphatic carbocycles. The third kappa shape index (κ3) is 4.72. The Kier molecular flexibility index (Phi) is 6.54. The standard InChI is InChI=1S/C15H29N3O2.HI/c1-13(2,3)20-11(19)9-17-12(16-8)18-10-14(4,5)15(18,6)7;/h9-10H2,1-8H3,(H,16,17);1H. The van der Waals surface area contributed by atoms with Gasteiger partial charge in [0.25, 0.3) is 0 Å². The highest BCUT2D eigenvalue weighted by Gasteiger charge is 2.53. The van der Waals surface area contributed by atoms with Crippen LogP contribution < -0.4 is 5.32 Å². The summed E-state index contributed by atoms with van der Waals surface area (Å²) in [5, 5.41) is 3.09. The van der Waals surface area contributed by atoms with Crippen molar-refractivity contribution in [3.8, 4) is 0 Å². The maximum atomic E-state index is 11.7. The Hall–Kier alpha value is -0.530. The molecule has 6 heteroatoms. The van der Waals surface area contributed by atoms with Gasteiger partial charge in [0, 0.05) is 24.5 Å². The van der Waals surface area contributed by atoms with Gasteiger partial charge in [-0.3, -0.25) is 9.79 Å². The van der Waals surface area contributed by atoms with Gasteiger partial charge in [-0.05, 0) is 34.6 Å². The number of esters is 1. The molecule has 5 nitrogen and oxygen atoms in total. The number of hydrogen-bond donors (Lipinski definition) is 1. The molecule has 0 saturated carbocycles. The Balaban J connectivity index is 0.00000400. The van der Waals surface area contributed by atoms with Crippen LogP contribution >= 0.6 is 24.0 Å². The monoisotopic (exact) mass is 411 g/mol. The number of ether oxygens (including phenoxy) is 1. The summed E-state index contributed by atoms with van der Waals surface area (Å²) in [6.07, 6.45) is 0. The van der Waals surface area contributed by atoms with Crippen molar-refractivity contribution in [2.45, 2.75) is 59.6 Å². The molecule has 1 rings (SSSR count). The van der Waals surface area contributed by atoms with Gasteiger partial charge in [-0.25, -0.2) is 0 Å². The second-order valence-electron chi connectivity index (χ2n) is 7.52. The molecule has 1 saturated heterocycles. The molecule has 1 heterocycles. The lowest BCUT2D eigenvalue weighted by molar-refractivity contribution is -0.153. The van der Waals surface area contributed by atoms with Gasteiger partial charge in [0.05, 0.1) is 0 Å². The Morgan fingerprint density at radius 1 is 1.29 bits per heavy atom. The summed E-state index contributed by atoms with van der Waals surface area (Å²) in [4.78, 5) is 18.2. The first-order valence-electron chi connectivity index (χ1n) is 7.11. The van der Waals surface area contributed by atoms with Crippen molar-refractivity contribution < 1.29 is 9.53 Å². The number of halogens is 1. The quantitative estimate of drug-likeness (QED) is 0.329. The Bertz CT molecular complexity index is 412. The number of hydrogen-bond acceptors (Lipinski definition) is 3. The van der Waals surface area contributed by atoms with E-state index < -0.39 is 5.60 Å². The molecule has 124 valence electrons. The minimum absolute atomic E-state index is 0. The Morgan fingerprint density at radius 3 is 2.14 bits per heavy atom. The van der Waals surface area contributed by atoms with Crippen molar-refractivity contribution in [2.75, 3.05) is 20.1 Å². The number of likely N-dealkylation sites (tertiary alicyclic amines) is 1. The molecule has 0 aromatic rings. The lowest BCUT2D eigenvalue weighted by Crippen LogP contribution is -2.72. The number of carbonyl (C=O) groups excluding carboxylic acids is 1. The number of guanidine groups is 1. The van der Waals surface area contributed by atoms with Crippen LogP contribution in [-0.4, -0.2) is 48.1 Å². The predicted molar refractivity (Wildman–Crippen MR) is 97.2 cm³/mol. The van der Waals surface area contributed by atoms with E-state index in [0.717, 1.165) is 12.5 Å². The molecule has 0 aromatic carbocycles. The average molecular weight is 411 g/mol. The molecule has 0 radical (unpaired) electrons. The summed E-state index contributed by atoms with van der Waals surface area (Å²) in [5.74, 6) is 0.483. The van der Waals surface area contributed by atoms with E-state index in [4.69, 9.17) is 4.74 Å². The Morgan fingerprint density at radius 2 is 1.81 bits per heavy atom. The minimum atomic E-state index is -0.458. The fourth-order valence-corrected chi connectivity index (χ4v) is 2.22. The molecular formula is C15H30IN3O2. The highest BCUT2D eigenvalue weighted by Crippen LogP contribution is 2.46. The zero-order valence-corrected chi connectivity index (χ0v) is 16.9. The van der Waals surface area contributed by atoms with Crippen molar-refractivity contribution in [1.29, 1.82) is 0 Å². The normalized spacial score (nSPS) is 20.2. The third-order valence-electron chi connectivity index (χ3n) is 4.16. The summed E-state index contributed by atoms with van der Waals surface area (Å²) in [6, 6.07) is 0. The Labute approximate surface area is 145 Å². The molecule has 0 spiro atoms. The SMILES string of the molecule is CN=C(NCC(=O)OC(C)(C)C)N1CC(C)(C)C1(C)C.I. The molecule has 0 bridgehead atoms. The summed E-state index contributed by atoms with van der Waals surface area (Å²) in [6.45, 7) is 15.5. The summed E-state index contributed by atoms with van der Waals surface area (Å²) < 4.78 is 5.28. The van der Waals surface area contributed by atoms with Crippen molar-refractivity contribution in [2.24, 2.45) is 10.4 Å². The van der Waals surface area contributed by atoms with Gasteiger partial charge in [0.1, 0.15) is 12.1 Å². The van der Waals surface area contributed by atoms with Gasteiger partial charge in [0.15, 0.2) is 5.96 Å². The van der Waals surface area contributed by atoms with E-state index in [0.29, 0.717) is 0 Å². The topological polar surface area (TPSA) is 53.9 Å². The zero-order chi connectivity index (χ0) is 15.8. The number of carbonyl (C=O) groups is 1. The first kappa shape index (κ1) is 20.5. The summed E-state index contributed by atoms with van der Waals surface area (Å²) >= 11 is 0. The summed E-state index contributed by atoms with van der Waals surface area (Å²) in [5.41, 5.74) is -0.209. The molecule has 1 fully saturated rings. The van der Waals surface area contributed by atoms with Crippen LogP contribution in [0, 0.1) is 5.41 Å². The third-order valence-corrected chi connectivity index (χ3v) is 4.16. The van der Waals surface area contributed by atoms with Gasteiger partial charge in [-0.1, -0.05) is 13.8 Å². The molecule has 1 aliphatic heterocycles. The fraction of sp³-hybridized carbons (Fsp3) is 0.867. The lowest BCUT2D eigenvalue weighted by atomic mass is 9.65. The van der Waals surface area contributed by atoms with E-state index in [2.05, 4.69) is 42.9 Å². The molecule has 21 heavy (non-hydrogen) atoms. The molecule has 0 unspecified atom stereocenters. The fourth-order valence-electron chi connectivity index (χ4n) is 2.22. The maximum absolute atomic E-state index is 11.7. The van der Waals surface area contributed by atoms with Gasteiger partial charge in [0.2, 0.25) is 0 Å². The van der Waals surface area contributed by atoms with Crippen LogP contribution in [0.25, 0.3) is 0 Å². The van der Waals surface area contributed by atoms with E-state index in [1.807, 2.05) is 20.8 Å². The van der Waals surface area contributed by atoms with E-state index >= 15 is 0 Å². The van der Waals surface area contributed by atoms with Crippen molar-refractivity contribution in [3.05, 3.63) is 0 Å². The van der Waals surface area contributed by atoms with Crippen molar-refractivity contribution in [1.82, 2.24) is 10.2 Å². The van der Waals surface area contributed by atoms with Crippen LogP contribution in [0.15, 0.2) is 4.99 Å². The van der Waals surface area contributed by atoms with Crippen LogP contribution in [-0.2, 0) is 9.53 Å². The van der Waals surface area contributed by atoms with Crippen molar-refractivity contribution in [3.63, 3.8) is 0 Å². The largest absolute Gasteiger partial charge is 0.459 e. The highest BCUT2D eigenvalue weighted by atomic mass is 127. The van der Waals surface area contributed by atoms with E-state index in [-0.39, 0.29) is 47.4 Å². The zero-order valence-electron chi connectivity index (χ0n) is 14.5. The highest BCUT2D eigenvalue weighted by molar-refractivity contribution is 14.0. The maximum Gasteiger partial charge on any atom is 0.325 e. The number of nitrogens with zero attached hydrogens (tertiary/aromatic N) is 2. The number of nitrogens with one attached hydrogen (secondary N) is 1. The van der Waals surface area contributed by atoms with Crippen LogP contribution in [0.1, 0.15) is 48.5 Å². The van der Waals surface area contributed by atoms with Crippen LogP contribution in [0.3, 0.4) is 0 Å². The number of aliphatic imine (C=N–C) groups is 1. The van der Waals surface area contributed by atoms with Crippen LogP contribution in [0.4, 0.5) is 0 Å². The second-order valence-corrected chi connectivity index (χ2v) is 7.52. The second kappa shape index (κ2) is 6.71. The average Bonchev–Trinajstić information content (AvgIpc) is 2.25. The first-order valence-corrected chi connectivity index (χ1v) is 7.11. The van der Waals surface area contributed by atoms with E-state index in [1.165, 1.54) is 0 Å². The smallest absolute Gasteiger partial charge is 0.325 e. The molecular weight excluding hydrogens is 381 g/mol. The van der Waals surface area contributed by atoms with E-state index in [1.54, 1.807) is 7.05 Å². The van der Waals surface area contributed by atoms with Gasteiger partial charge in [-0.15, -0.1) is 24.0 Å². The van der Waals surface area contributed by atoms with Crippen LogP contribution in [0.5, 0.6) is 0 Å². The molecule has 0 aromatic heterocycles. The summed E-state index contributed by atoms with van der Waals surface area (Å²) in [7, 11) is 1.73. The van der Waals surface area contributed by atoms with Gasteiger partial charge in [-0.2, -0.15) is 0 Å². The minimum Gasteiger partial charge on any atom is -0.459 e. The van der Waals surface area contributed by atoms with Crippen LogP contribution in [0.2, 0.25) is 0 Å². The van der Waals surface area contributed by atoms with Crippen molar-refractivity contribution >= 4 is 35.9 Å². The van der Waals surface area contributed by atoms with Gasteiger partial charge < -0.3 is 15.0 Å². The predicted octanol–water partition coefficient (Wildman–Crippen LogP) is 2.64. The molecule has 1 N–H and O–H groups in total. The number of rotatable bonds is 2. The lowest BCUT2D eigenvalue weighted by Gasteiger charge is -2.62. The molecule has 0 atom stereocenters. The first-order chi connectivity index (χ1) is 8.90. The van der Waals surface area contributed by atoms with E-state index in [9.17, 15) is 4.79 Å². The van der Waals surface area contributed by atoms with Gasteiger partial charge >= 0.3 is 5.97 Å². The molecule has 0 amide bonds. The molecule has 1 aliphatic rings.